The first-order valence-electron chi connectivity index (χ1n) is 9.35. The van der Waals surface area contributed by atoms with E-state index in [1.807, 2.05) is 13.0 Å². The second-order valence-electron chi connectivity index (χ2n) is 7.19. The lowest BCUT2D eigenvalue weighted by molar-refractivity contribution is -0.154. The van der Waals surface area contributed by atoms with Crippen LogP contribution >= 0.6 is 0 Å². The van der Waals surface area contributed by atoms with Crippen LogP contribution in [0, 0.1) is 12.8 Å². The zero-order valence-corrected chi connectivity index (χ0v) is 16.9. The molecular weight excluding hydrogens is 399 g/mol. The van der Waals surface area contributed by atoms with Crippen molar-refractivity contribution < 1.29 is 27.5 Å². The molecule has 9 heteroatoms. The van der Waals surface area contributed by atoms with Gasteiger partial charge in [0, 0.05) is 24.4 Å². The number of hydrogen-bond donors (Lipinski definition) is 2. The number of nitrogens with one attached hydrogen (secondary N) is 2. The summed E-state index contributed by atoms with van der Waals surface area (Å²) in [5, 5.41) is 5.42. The quantitative estimate of drug-likeness (QED) is 0.682. The van der Waals surface area contributed by atoms with E-state index in [9.17, 15) is 22.8 Å². The van der Waals surface area contributed by atoms with Gasteiger partial charge in [0.05, 0.1) is 0 Å². The summed E-state index contributed by atoms with van der Waals surface area (Å²) in [7, 11) is 0. The van der Waals surface area contributed by atoms with Crippen molar-refractivity contribution in [1.82, 2.24) is 15.6 Å². The maximum absolute atomic E-state index is 12.6. The molecule has 0 aliphatic heterocycles. The highest BCUT2D eigenvalue weighted by Crippen LogP contribution is 2.17. The lowest BCUT2D eigenvalue weighted by Crippen LogP contribution is -2.49. The normalized spacial score (nSPS) is 12.4. The van der Waals surface area contributed by atoms with Crippen LogP contribution in [0.4, 0.5) is 13.2 Å². The van der Waals surface area contributed by atoms with Gasteiger partial charge in [-0.3, -0.25) is 9.59 Å². The number of rotatable bonds is 8. The Morgan fingerprint density at radius 1 is 1.17 bits per heavy atom. The van der Waals surface area contributed by atoms with Crippen LogP contribution in [0.1, 0.15) is 35.3 Å². The summed E-state index contributed by atoms with van der Waals surface area (Å²) in [6.07, 6.45) is -3.17. The van der Waals surface area contributed by atoms with Gasteiger partial charge in [0.1, 0.15) is 6.04 Å². The largest absolute Gasteiger partial charge is 0.468 e. The number of carbonyl (C=O) groups excluding carboxylic acids is 2. The first-order valence-corrected chi connectivity index (χ1v) is 9.35. The molecule has 1 atom stereocenters. The molecule has 1 aromatic heterocycles. The van der Waals surface area contributed by atoms with Crippen molar-refractivity contribution in [2.24, 2.45) is 5.92 Å². The van der Waals surface area contributed by atoms with Crippen molar-refractivity contribution in [3.8, 4) is 5.88 Å². The van der Waals surface area contributed by atoms with Crippen molar-refractivity contribution in [1.29, 1.82) is 0 Å². The molecule has 1 unspecified atom stereocenters. The summed E-state index contributed by atoms with van der Waals surface area (Å²) in [6, 6.07) is 9.11. The molecule has 0 aliphatic carbocycles. The number of pyridine rings is 1. The van der Waals surface area contributed by atoms with E-state index < -0.39 is 24.7 Å². The highest BCUT2D eigenvalue weighted by molar-refractivity contribution is 5.97. The van der Waals surface area contributed by atoms with E-state index in [0.29, 0.717) is 11.1 Å². The van der Waals surface area contributed by atoms with Crippen LogP contribution in [0.3, 0.4) is 0 Å². The van der Waals surface area contributed by atoms with Gasteiger partial charge in [-0.15, -0.1) is 0 Å². The van der Waals surface area contributed by atoms with Gasteiger partial charge in [0.15, 0.2) is 6.61 Å². The smallest absolute Gasteiger partial charge is 0.422 e. The van der Waals surface area contributed by atoms with Gasteiger partial charge in [0.25, 0.3) is 5.91 Å². The van der Waals surface area contributed by atoms with E-state index in [1.54, 1.807) is 38.1 Å². The maximum Gasteiger partial charge on any atom is 0.422 e. The molecule has 1 aromatic carbocycles. The Morgan fingerprint density at radius 3 is 2.53 bits per heavy atom. The van der Waals surface area contributed by atoms with E-state index in [-0.39, 0.29) is 24.2 Å². The van der Waals surface area contributed by atoms with Gasteiger partial charge in [-0.1, -0.05) is 31.5 Å². The zero-order chi connectivity index (χ0) is 22.3. The van der Waals surface area contributed by atoms with Gasteiger partial charge in [-0.05, 0) is 36.6 Å². The monoisotopic (exact) mass is 423 g/mol. The molecule has 0 saturated carbocycles. The van der Waals surface area contributed by atoms with E-state index in [1.165, 1.54) is 12.3 Å². The number of nitrogens with zero attached hydrogens (tertiary/aromatic N) is 1. The Balaban J connectivity index is 1.98. The molecule has 0 aliphatic rings. The van der Waals surface area contributed by atoms with Crippen molar-refractivity contribution in [2.45, 2.75) is 39.5 Å². The molecule has 6 nitrogen and oxygen atoms in total. The highest BCUT2D eigenvalue weighted by Gasteiger charge is 2.29. The predicted octanol–water partition coefficient (Wildman–Crippen LogP) is 3.40. The van der Waals surface area contributed by atoms with E-state index in [0.717, 1.165) is 5.56 Å². The molecule has 0 saturated heterocycles. The molecule has 30 heavy (non-hydrogen) atoms. The van der Waals surface area contributed by atoms with Crippen molar-refractivity contribution in [3.05, 3.63) is 59.3 Å². The lowest BCUT2D eigenvalue weighted by Gasteiger charge is -2.22. The number of benzene rings is 1. The Labute approximate surface area is 172 Å². The number of carbonyl (C=O) groups is 2. The fraction of sp³-hybridized carbons (Fsp3) is 0.381. The maximum atomic E-state index is 12.6. The zero-order valence-electron chi connectivity index (χ0n) is 16.9. The third kappa shape index (κ3) is 7.38. The molecule has 0 bridgehead atoms. The van der Waals surface area contributed by atoms with Crippen LogP contribution in [0.2, 0.25) is 0 Å². The van der Waals surface area contributed by atoms with Crippen LogP contribution < -0.4 is 15.4 Å². The molecule has 162 valence electrons. The topological polar surface area (TPSA) is 80.3 Å². The second-order valence-corrected chi connectivity index (χ2v) is 7.19. The standard InChI is InChI=1S/C21H24F3N3O3/c1-13(2)18(27-19(28)16-6-4-5-14(3)9-16)20(29)26-11-15-7-8-25-17(10-15)30-12-21(22,23)24/h4-10,13,18H,11-12H2,1-3H3,(H,26,29)(H,27,28). The van der Waals surface area contributed by atoms with E-state index in [4.69, 9.17) is 0 Å². The summed E-state index contributed by atoms with van der Waals surface area (Å²) in [5.74, 6) is -1.13. The minimum Gasteiger partial charge on any atom is -0.468 e. The fourth-order valence-corrected chi connectivity index (χ4v) is 2.64. The number of aryl methyl sites for hydroxylation is 1. The predicted molar refractivity (Wildman–Crippen MR) is 105 cm³/mol. The Kier molecular flexibility index (Phi) is 7.79. The number of ether oxygens (including phenoxy) is 1. The van der Waals surface area contributed by atoms with Crippen LogP contribution in [0.25, 0.3) is 0 Å². The van der Waals surface area contributed by atoms with Crippen molar-refractivity contribution in [2.75, 3.05) is 6.61 Å². The van der Waals surface area contributed by atoms with Gasteiger partial charge in [0.2, 0.25) is 11.8 Å². The van der Waals surface area contributed by atoms with Gasteiger partial charge in [-0.25, -0.2) is 4.98 Å². The first kappa shape index (κ1) is 23.2. The van der Waals surface area contributed by atoms with E-state index in [2.05, 4.69) is 20.4 Å². The van der Waals surface area contributed by atoms with Crippen LogP contribution in [-0.4, -0.2) is 35.6 Å². The molecule has 0 spiro atoms. The molecular formula is C21H24F3N3O3. The second kappa shape index (κ2) is 10.1. The molecule has 1 heterocycles. The third-order valence-electron chi connectivity index (χ3n) is 4.17. The van der Waals surface area contributed by atoms with E-state index >= 15 is 0 Å². The number of amides is 2. The van der Waals surface area contributed by atoms with Crippen molar-refractivity contribution in [3.63, 3.8) is 0 Å². The summed E-state index contributed by atoms with van der Waals surface area (Å²) in [4.78, 5) is 28.8. The average molecular weight is 423 g/mol. The SMILES string of the molecule is Cc1cccc(C(=O)NC(C(=O)NCc2ccnc(OCC(F)(F)F)c2)C(C)C)c1. The Morgan fingerprint density at radius 2 is 1.90 bits per heavy atom. The van der Waals surface area contributed by atoms with Crippen LogP contribution in [-0.2, 0) is 11.3 Å². The van der Waals surface area contributed by atoms with Gasteiger partial charge < -0.3 is 15.4 Å². The third-order valence-corrected chi connectivity index (χ3v) is 4.17. The molecule has 2 aromatic rings. The highest BCUT2D eigenvalue weighted by atomic mass is 19.4. The minimum atomic E-state index is -4.47. The molecule has 0 fully saturated rings. The summed E-state index contributed by atoms with van der Waals surface area (Å²) < 4.78 is 41.4. The summed E-state index contributed by atoms with van der Waals surface area (Å²) >= 11 is 0. The van der Waals surface area contributed by atoms with Crippen LogP contribution in [0.5, 0.6) is 5.88 Å². The van der Waals surface area contributed by atoms with Crippen LogP contribution in [0.15, 0.2) is 42.6 Å². The summed E-state index contributed by atoms with van der Waals surface area (Å²) in [6.45, 7) is 4.07. The molecule has 2 rings (SSSR count). The van der Waals surface area contributed by atoms with Gasteiger partial charge in [-0.2, -0.15) is 13.2 Å². The minimum absolute atomic E-state index is 0.0489. The number of alkyl halides is 3. The molecule has 2 amide bonds. The Bertz CT molecular complexity index is 885. The molecule has 2 N–H and O–H groups in total. The lowest BCUT2D eigenvalue weighted by atomic mass is 10.0. The number of hydrogen-bond acceptors (Lipinski definition) is 4. The van der Waals surface area contributed by atoms with Gasteiger partial charge >= 0.3 is 6.18 Å². The van der Waals surface area contributed by atoms with Crippen molar-refractivity contribution >= 4 is 11.8 Å². The average Bonchev–Trinajstić information content (AvgIpc) is 2.68. The Hall–Kier alpha value is -3.10. The fourth-order valence-electron chi connectivity index (χ4n) is 2.64. The molecule has 0 radical (unpaired) electrons. The number of aromatic nitrogens is 1. The summed E-state index contributed by atoms with van der Waals surface area (Å²) in [5.41, 5.74) is 1.89. The first-order chi connectivity index (χ1) is 14.0. The number of halogens is 3.